The fraction of sp³-hybridized carbons (Fsp3) is 0.182. The Morgan fingerprint density at radius 1 is 1.11 bits per heavy atom. The minimum Gasteiger partial charge on any atom is -0.495 e. The number of ether oxygens (including phenoxy) is 2. The van der Waals surface area contributed by atoms with Gasteiger partial charge in [0.15, 0.2) is 6.61 Å². The maximum absolute atomic E-state index is 11.4. The maximum atomic E-state index is 11.4. The maximum Gasteiger partial charge on any atom is 0.259 e. The van der Waals surface area contributed by atoms with E-state index in [1.165, 1.54) is 19.2 Å². The van der Waals surface area contributed by atoms with Gasteiger partial charge in [-0.2, -0.15) is 0 Å². The molecule has 0 spiro atoms. The quantitative estimate of drug-likeness (QED) is 0.752. The topological polar surface area (TPSA) is 69.7 Å². The molecule has 1 aromatic carbocycles. The molecule has 102 valence electrons. The average molecular weight is 326 g/mol. The first-order valence-corrected chi connectivity index (χ1v) is 5.93. The van der Waals surface area contributed by atoms with Gasteiger partial charge in [0, 0.05) is 0 Å². The molecule has 0 heterocycles. The van der Waals surface area contributed by atoms with Gasteiger partial charge in [-0.3, -0.25) is 14.4 Å². The molecule has 0 unspecified atom stereocenters. The van der Waals surface area contributed by atoms with Crippen molar-refractivity contribution in [2.24, 2.45) is 0 Å². The summed E-state index contributed by atoms with van der Waals surface area (Å²) in [5.74, 6) is -0.160. The van der Waals surface area contributed by atoms with E-state index >= 15 is 0 Å². The van der Waals surface area contributed by atoms with Crippen molar-refractivity contribution in [3.8, 4) is 11.5 Å². The van der Waals surface area contributed by atoms with Crippen LogP contribution >= 0.6 is 34.8 Å². The van der Waals surface area contributed by atoms with Gasteiger partial charge in [-0.15, -0.1) is 0 Å². The van der Waals surface area contributed by atoms with Crippen molar-refractivity contribution in [2.75, 3.05) is 13.7 Å². The van der Waals surface area contributed by atoms with Crippen molar-refractivity contribution in [3.63, 3.8) is 0 Å². The van der Waals surface area contributed by atoms with E-state index in [4.69, 9.17) is 44.3 Å². The molecule has 1 aromatic rings. The second kappa shape index (κ2) is 6.75. The lowest BCUT2D eigenvalue weighted by Gasteiger charge is -2.13. The Kier molecular flexibility index (Phi) is 5.60. The van der Waals surface area contributed by atoms with Gasteiger partial charge < -0.3 is 9.47 Å². The minimum absolute atomic E-state index is 0.0347. The van der Waals surface area contributed by atoms with E-state index in [0.29, 0.717) is 0 Å². The average Bonchev–Trinajstić information content (AvgIpc) is 2.34. The summed E-state index contributed by atoms with van der Waals surface area (Å²) in [4.78, 5) is 33.2. The van der Waals surface area contributed by atoms with Crippen molar-refractivity contribution in [3.05, 3.63) is 23.3 Å². The molecular formula is C11H7Cl3O5. The highest BCUT2D eigenvalue weighted by atomic mass is 35.5. The van der Waals surface area contributed by atoms with Gasteiger partial charge in [0.25, 0.3) is 15.7 Å². The molecule has 0 radical (unpaired) electrons. The van der Waals surface area contributed by atoms with Crippen LogP contribution in [0.2, 0.25) is 0 Å². The van der Waals surface area contributed by atoms with E-state index < -0.39 is 22.3 Å². The fourth-order valence-electron chi connectivity index (χ4n) is 1.37. The molecule has 0 aliphatic rings. The predicted octanol–water partition coefficient (Wildman–Crippen LogP) is 2.60. The summed E-state index contributed by atoms with van der Waals surface area (Å²) in [7, 11) is 1.23. The van der Waals surface area contributed by atoms with Crippen LogP contribution in [0, 0.1) is 0 Å². The summed E-state index contributed by atoms with van der Waals surface area (Å²) in [5.41, 5.74) is -0.244. The zero-order valence-electron chi connectivity index (χ0n) is 9.54. The van der Waals surface area contributed by atoms with Crippen LogP contribution in [0.1, 0.15) is 20.7 Å². The lowest BCUT2D eigenvalue weighted by atomic mass is 10.1. The molecule has 0 saturated heterocycles. The van der Waals surface area contributed by atoms with E-state index in [2.05, 4.69) is 0 Å². The van der Waals surface area contributed by atoms with Crippen LogP contribution in [0.4, 0.5) is 0 Å². The standard InChI is InChI=1S/C11H7Cl3O5/c1-18-9-5(10(13)16)2-3-6(8(9)11(14)17)19-4-7(12)15/h2-3H,4H2,1H3. The highest BCUT2D eigenvalue weighted by Crippen LogP contribution is 2.34. The third-order valence-electron chi connectivity index (χ3n) is 2.07. The second-order valence-corrected chi connectivity index (χ2v) is 4.32. The third kappa shape index (κ3) is 3.83. The molecular weight excluding hydrogens is 318 g/mol. The Bertz CT molecular complexity index is 541. The number of methoxy groups -OCH3 is 1. The molecule has 0 N–H and O–H groups in total. The van der Waals surface area contributed by atoms with E-state index in [1.807, 2.05) is 0 Å². The Morgan fingerprint density at radius 3 is 2.16 bits per heavy atom. The number of hydrogen-bond acceptors (Lipinski definition) is 5. The molecule has 0 atom stereocenters. The van der Waals surface area contributed by atoms with Gasteiger partial charge in [0.1, 0.15) is 17.1 Å². The number of halogens is 3. The first-order chi connectivity index (χ1) is 8.88. The zero-order chi connectivity index (χ0) is 14.6. The van der Waals surface area contributed by atoms with Gasteiger partial charge in [-0.05, 0) is 46.9 Å². The molecule has 0 aliphatic carbocycles. The van der Waals surface area contributed by atoms with Gasteiger partial charge in [-0.25, -0.2) is 0 Å². The molecule has 0 bridgehead atoms. The predicted molar refractivity (Wildman–Crippen MR) is 69.7 cm³/mol. The summed E-state index contributed by atoms with van der Waals surface area (Å²) < 4.78 is 9.95. The molecule has 5 nitrogen and oxygen atoms in total. The monoisotopic (exact) mass is 324 g/mol. The first-order valence-electron chi connectivity index (χ1n) is 4.80. The minimum atomic E-state index is -0.923. The number of carbonyl (C=O) groups is 3. The van der Waals surface area contributed by atoms with Crippen molar-refractivity contribution in [1.29, 1.82) is 0 Å². The molecule has 0 fully saturated rings. The Balaban J connectivity index is 3.37. The summed E-state index contributed by atoms with van der Waals surface area (Å²) >= 11 is 15.9. The van der Waals surface area contributed by atoms with E-state index in [0.717, 1.165) is 0 Å². The number of carbonyl (C=O) groups excluding carboxylic acids is 3. The van der Waals surface area contributed by atoms with Crippen LogP contribution in [0.25, 0.3) is 0 Å². The van der Waals surface area contributed by atoms with Crippen molar-refractivity contribution in [2.45, 2.75) is 0 Å². The molecule has 19 heavy (non-hydrogen) atoms. The largest absolute Gasteiger partial charge is 0.495 e. The van der Waals surface area contributed by atoms with Crippen LogP contribution in [-0.2, 0) is 4.79 Å². The van der Waals surface area contributed by atoms with Crippen molar-refractivity contribution in [1.82, 2.24) is 0 Å². The number of rotatable bonds is 6. The lowest BCUT2D eigenvalue weighted by molar-refractivity contribution is -0.113. The van der Waals surface area contributed by atoms with Crippen LogP contribution in [0.3, 0.4) is 0 Å². The third-order valence-corrected chi connectivity index (χ3v) is 2.57. The van der Waals surface area contributed by atoms with E-state index in [-0.39, 0.29) is 22.6 Å². The molecule has 8 heteroatoms. The van der Waals surface area contributed by atoms with Crippen LogP contribution < -0.4 is 9.47 Å². The highest BCUT2D eigenvalue weighted by Gasteiger charge is 2.23. The first kappa shape index (κ1) is 15.8. The van der Waals surface area contributed by atoms with Crippen LogP contribution in [-0.4, -0.2) is 29.4 Å². The van der Waals surface area contributed by atoms with E-state index in [9.17, 15) is 14.4 Å². The van der Waals surface area contributed by atoms with Crippen LogP contribution in [0.15, 0.2) is 12.1 Å². The summed E-state index contributed by atoms with van der Waals surface area (Å²) in [5, 5.41) is -2.51. The smallest absolute Gasteiger partial charge is 0.259 e. The van der Waals surface area contributed by atoms with E-state index in [1.54, 1.807) is 0 Å². The fourth-order valence-corrected chi connectivity index (χ4v) is 1.75. The normalized spacial score (nSPS) is 9.89. The zero-order valence-corrected chi connectivity index (χ0v) is 11.8. The SMILES string of the molecule is COc1c(C(=O)Cl)ccc(OCC(=O)Cl)c1C(=O)Cl. The van der Waals surface area contributed by atoms with Gasteiger partial charge >= 0.3 is 0 Å². The molecule has 1 rings (SSSR count). The Labute approximate surface area is 123 Å². The molecule has 0 saturated carbocycles. The highest BCUT2D eigenvalue weighted by molar-refractivity contribution is 6.70. The Morgan fingerprint density at radius 2 is 1.74 bits per heavy atom. The van der Waals surface area contributed by atoms with Gasteiger partial charge in [-0.1, -0.05) is 0 Å². The molecule has 0 aliphatic heterocycles. The van der Waals surface area contributed by atoms with Gasteiger partial charge in [0.2, 0.25) is 0 Å². The summed E-state index contributed by atoms with van der Waals surface area (Å²) in [6, 6.07) is 2.55. The summed E-state index contributed by atoms with van der Waals surface area (Å²) in [6.07, 6.45) is 0. The Hall–Kier alpha value is -1.30. The van der Waals surface area contributed by atoms with Crippen molar-refractivity contribution >= 4 is 50.5 Å². The van der Waals surface area contributed by atoms with Crippen molar-refractivity contribution < 1.29 is 23.9 Å². The number of benzene rings is 1. The van der Waals surface area contributed by atoms with Gasteiger partial charge in [0.05, 0.1) is 12.7 Å². The molecule has 0 amide bonds. The second-order valence-electron chi connectivity index (χ2n) is 3.21. The van der Waals surface area contributed by atoms with Crippen LogP contribution in [0.5, 0.6) is 11.5 Å². The number of hydrogen-bond donors (Lipinski definition) is 0. The summed E-state index contributed by atoms with van der Waals surface area (Å²) in [6.45, 7) is -0.462. The molecule has 0 aromatic heterocycles. The lowest BCUT2D eigenvalue weighted by Crippen LogP contribution is -2.10.